The van der Waals surface area contributed by atoms with E-state index < -0.39 is 0 Å². The molecule has 1 amide bonds. The first-order chi connectivity index (χ1) is 12.3. The maximum Gasteiger partial charge on any atom is 0.223 e. The van der Waals surface area contributed by atoms with Gasteiger partial charge in [-0.3, -0.25) is 4.79 Å². The van der Waals surface area contributed by atoms with Gasteiger partial charge in [0.1, 0.15) is 0 Å². The number of ether oxygens (including phenoxy) is 2. The van der Waals surface area contributed by atoms with Crippen molar-refractivity contribution < 1.29 is 14.3 Å². The zero-order valence-corrected chi connectivity index (χ0v) is 15.8. The van der Waals surface area contributed by atoms with Crippen LogP contribution in [0.15, 0.2) is 23.1 Å². The van der Waals surface area contributed by atoms with Crippen molar-refractivity contribution in [3.63, 3.8) is 0 Å². The van der Waals surface area contributed by atoms with Crippen molar-refractivity contribution in [1.29, 1.82) is 0 Å². The molecule has 1 N–H and O–H groups in total. The summed E-state index contributed by atoms with van der Waals surface area (Å²) in [5, 5.41) is 3.23. The predicted octanol–water partition coefficient (Wildman–Crippen LogP) is 2.79. The number of benzene rings is 1. The monoisotopic (exact) mass is 364 g/mol. The maximum absolute atomic E-state index is 12.5. The van der Waals surface area contributed by atoms with E-state index in [0.29, 0.717) is 25.6 Å². The summed E-state index contributed by atoms with van der Waals surface area (Å²) < 4.78 is 11.4. The van der Waals surface area contributed by atoms with E-state index in [0.717, 1.165) is 54.6 Å². The fraction of sp³-hybridized carbons (Fsp3) is 0.632. The summed E-state index contributed by atoms with van der Waals surface area (Å²) in [7, 11) is 1.98. The minimum atomic E-state index is 0.280. The van der Waals surface area contributed by atoms with E-state index in [2.05, 4.69) is 5.32 Å². The Bertz CT molecular complexity index is 580. The smallest absolute Gasteiger partial charge is 0.223 e. The molecule has 1 saturated heterocycles. The SMILES string of the molecule is CNCC1CCCN(C(=O)CCSc2ccc3c(c2)OCCCO3)C1. The van der Waals surface area contributed by atoms with Crippen LogP contribution in [0, 0.1) is 5.92 Å². The molecule has 0 bridgehead atoms. The van der Waals surface area contributed by atoms with Crippen LogP contribution < -0.4 is 14.8 Å². The second kappa shape index (κ2) is 9.34. The van der Waals surface area contributed by atoms with Crippen LogP contribution in [-0.2, 0) is 4.79 Å². The zero-order chi connectivity index (χ0) is 17.5. The molecule has 2 aliphatic heterocycles. The van der Waals surface area contributed by atoms with E-state index in [4.69, 9.17) is 9.47 Å². The Hall–Kier alpha value is -1.40. The molecular formula is C19H28N2O3S. The van der Waals surface area contributed by atoms with Crippen molar-refractivity contribution in [2.75, 3.05) is 45.6 Å². The summed E-state index contributed by atoms with van der Waals surface area (Å²) in [5.41, 5.74) is 0. The van der Waals surface area contributed by atoms with Gasteiger partial charge in [-0.1, -0.05) is 0 Å². The standard InChI is InChI=1S/C19H28N2O3S/c1-20-13-15-4-2-8-21(14-15)19(22)7-11-25-16-5-6-17-18(12-16)24-10-3-9-23-17/h5-6,12,15,20H,2-4,7-11,13-14H2,1H3. The van der Waals surface area contributed by atoms with Gasteiger partial charge in [-0.15, -0.1) is 11.8 Å². The van der Waals surface area contributed by atoms with Crippen LogP contribution in [-0.4, -0.2) is 56.5 Å². The molecule has 0 spiro atoms. The zero-order valence-electron chi connectivity index (χ0n) is 15.0. The molecule has 1 atom stereocenters. The number of rotatable bonds is 6. The largest absolute Gasteiger partial charge is 0.490 e. The normalized spacial score (nSPS) is 20.2. The second-order valence-corrected chi connectivity index (χ2v) is 7.83. The summed E-state index contributed by atoms with van der Waals surface area (Å²) in [4.78, 5) is 15.6. The Morgan fingerprint density at radius 2 is 2.12 bits per heavy atom. The molecule has 1 aromatic rings. The molecule has 3 rings (SSSR count). The quantitative estimate of drug-likeness (QED) is 0.787. The third-order valence-electron chi connectivity index (χ3n) is 4.67. The van der Waals surface area contributed by atoms with Crippen LogP contribution >= 0.6 is 11.8 Å². The van der Waals surface area contributed by atoms with Crippen molar-refractivity contribution in [1.82, 2.24) is 10.2 Å². The molecule has 1 aromatic carbocycles. The second-order valence-electron chi connectivity index (χ2n) is 6.66. The van der Waals surface area contributed by atoms with E-state index >= 15 is 0 Å². The van der Waals surface area contributed by atoms with Crippen molar-refractivity contribution >= 4 is 17.7 Å². The minimum Gasteiger partial charge on any atom is -0.490 e. The van der Waals surface area contributed by atoms with Gasteiger partial charge in [0.2, 0.25) is 5.91 Å². The Balaban J connectivity index is 1.46. The lowest BCUT2D eigenvalue weighted by Crippen LogP contribution is -2.42. The van der Waals surface area contributed by atoms with E-state index in [-0.39, 0.29) is 5.91 Å². The van der Waals surface area contributed by atoms with E-state index in [1.54, 1.807) is 11.8 Å². The van der Waals surface area contributed by atoms with Crippen molar-refractivity contribution in [3.8, 4) is 11.5 Å². The fourth-order valence-corrected chi connectivity index (χ4v) is 4.26. The molecule has 2 heterocycles. The Labute approximate surface area is 154 Å². The summed E-state index contributed by atoms with van der Waals surface area (Å²) in [5.74, 6) is 3.31. The third kappa shape index (κ3) is 5.28. The first-order valence-electron chi connectivity index (χ1n) is 9.21. The van der Waals surface area contributed by atoms with Gasteiger partial charge in [-0.05, 0) is 50.6 Å². The Morgan fingerprint density at radius 3 is 2.96 bits per heavy atom. The van der Waals surface area contributed by atoms with Crippen LogP contribution in [0.1, 0.15) is 25.7 Å². The lowest BCUT2D eigenvalue weighted by atomic mass is 9.98. The van der Waals surface area contributed by atoms with Gasteiger partial charge in [0.25, 0.3) is 0 Å². The number of nitrogens with zero attached hydrogens (tertiary/aromatic N) is 1. The molecular weight excluding hydrogens is 336 g/mol. The predicted molar refractivity (Wildman–Crippen MR) is 101 cm³/mol. The van der Waals surface area contributed by atoms with Crippen LogP contribution in [0.5, 0.6) is 11.5 Å². The van der Waals surface area contributed by atoms with Gasteiger partial charge in [0.05, 0.1) is 13.2 Å². The summed E-state index contributed by atoms with van der Waals surface area (Å²) in [6.07, 6.45) is 3.84. The first-order valence-corrected chi connectivity index (χ1v) is 10.2. The number of hydrogen-bond donors (Lipinski definition) is 1. The number of likely N-dealkylation sites (tertiary alicyclic amines) is 1. The van der Waals surface area contributed by atoms with Gasteiger partial charge in [-0.2, -0.15) is 0 Å². The molecule has 1 fully saturated rings. The van der Waals surface area contributed by atoms with Gasteiger partial charge < -0.3 is 19.7 Å². The van der Waals surface area contributed by atoms with E-state index in [9.17, 15) is 4.79 Å². The van der Waals surface area contributed by atoms with Crippen LogP contribution in [0.25, 0.3) is 0 Å². The number of fused-ring (bicyclic) bond motifs is 1. The Morgan fingerprint density at radius 1 is 1.28 bits per heavy atom. The highest BCUT2D eigenvalue weighted by atomic mass is 32.2. The summed E-state index contributed by atoms with van der Waals surface area (Å²) in [6, 6.07) is 6.05. The van der Waals surface area contributed by atoms with E-state index in [1.165, 1.54) is 6.42 Å². The highest BCUT2D eigenvalue weighted by molar-refractivity contribution is 7.99. The average Bonchev–Trinajstić information content (AvgIpc) is 2.87. The highest BCUT2D eigenvalue weighted by Gasteiger charge is 2.22. The van der Waals surface area contributed by atoms with Crippen LogP contribution in [0.2, 0.25) is 0 Å². The van der Waals surface area contributed by atoms with Crippen LogP contribution in [0.3, 0.4) is 0 Å². The number of nitrogens with one attached hydrogen (secondary N) is 1. The van der Waals surface area contributed by atoms with Gasteiger partial charge in [0, 0.05) is 36.6 Å². The molecule has 6 heteroatoms. The number of carbonyl (C=O) groups excluding carboxylic acids is 1. The van der Waals surface area contributed by atoms with Crippen LogP contribution in [0.4, 0.5) is 0 Å². The van der Waals surface area contributed by atoms with E-state index in [1.807, 2.05) is 30.1 Å². The molecule has 5 nitrogen and oxygen atoms in total. The molecule has 25 heavy (non-hydrogen) atoms. The minimum absolute atomic E-state index is 0.280. The number of amides is 1. The van der Waals surface area contributed by atoms with Crippen molar-refractivity contribution in [3.05, 3.63) is 18.2 Å². The molecule has 2 aliphatic rings. The average molecular weight is 365 g/mol. The topological polar surface area (TPSA) is 50.8 Å². The Kier molecular flexibility index (Phi) is 6.87. The van der Waals surface area contributed by atoms with Gasteiger partial charge >= 0.3 is 0 Å². The van der Waals surface area contributed by atoms with Crippen molar-refractivity contribution in [2.45, 2.75) is 30.6 Å². The molecule has 0 aliphatic carbocycles. The number of carbonyl (C=O) groups is 1. The number of piperidine rings is 1. The highest BCUT2D eigenvalue weighted by Crippen LogP contribution is 2.34. The molecule has 0 saturated carbocycles. The van der Waals surface area contributed by atoms with Crippen molar-refractivity contribution in [2.24, 2.45) is 5.92 Å². The van der Waals surface area contributed by atoms with Gasteiger partial charge in [0.15, 0.2) is 11.5 Å². The molecule has 0 aromatic heterocycles. The molecule has 0 radical (unpaired) electrons. The maximum atomic E-state index is 12.5. The third-order valence-corrected chi connectivity index (χ3v) is 5.66. The fourth-order valence-electron chi connectivity index (χ4n) is 3.39. The molecule has 138 valence electrons. The summed E-state index contributed by atoms with van der Waals surface area (Å²) >= 11 is 1.71. The number of thioether (sulfide) groups is 1. The molecule has 1 unspecified atom stereocenters. The number of hydrogen-bond acceptors (Lipinski definition) is 5. The first kappa shape index (κ1) is 18.4. The lowest BCUT2D eigenvalue weighted by molar-refractivity contribution is -0.132. The lowest BCUT2D eigenvalue weighted by Gasteiger charge is -2.32. The van der Waals surface area contributed by atoms with Gasteiger partial charge in [-0.25, -0.2) is 0 Å². The summed E-state index contributed by atoms with van der Waals surface area (Å²) in [6.45, 7) is 4.21.